The molecule has 2 amide bonds. The minimum absolute atomic E-state index is 0.0216. The number of carbonyl (C=O) groups is 1. The van der Waals surface area contributed by atoms with Crippen molar-refractivity contribution in [3.8, 4) is 5.75 Å². The minimum atomic E-state index is -0.527. The number of hydrogen-bond donors (Lipinski definition) is 2. The summed E-state index contributed by atoms with van der Waals surface area (Å²) in [5.41, 5.74) is 0.958. The highest BCUT2D eigenvalue weighted by Gasteiger charge is 2.38. The second-order valence-corrected chi connectivity index (χ2v) is 7.06. The number of ether oxygens (including phenoxy) is 2. The Labute approximate surface area is 158 Å². The molecule has 26 heavy (non-hydrogen) atoms. The van der Waals surface area contributed by atoms with Gasteiger partial charge in [0, 0.05) is 26.2 Å². The van der Waals surface area contributed by atoms with Gasteiger partial charge in [0.05, 0.1) is 36.9 Å². The Kier molecular flexibility index (Phi) is 6.58. The molecule has 2 aliphatic heterocycles. The lowest BCUT2D eigenvalue weighted by Crippen LogP contribution is -2.49. The van der Waals surface area contributed by atoms with E-state index in [0.29, 0.717) is 50.2 Å². The van der Waals surface area contributed by atoms with Crippen molar-refractivity contribution in [2.45, 2.75) is 19.1 Å². The van der Waals surface area contributed by atoms with Crippen LogP contribution in [0.1, 0.15) is 5.56 Å². The molecule has 3 rings (SSSR count). The van der Waals surface area contributed by atoms with E-state index in [1.54, 1.807) is 11.0 Å². The molecule has 2 N–H and O–H groups in total. The van der Waals surface area contributed by atoms with E-state index in [-0.39, 0.29) is 12.1 Å². The summed E-state index contributed by atoms with van der Waals surface area (Å²) in [7, 11) is 0. The van der Waals surface area contributed by atoms with Gasteiger partial charge < -0.3 is 24.8 Å². The van der Waals surface area contributed by atoms with Gasteiger partial charge in [0.15, 0.2) is 0 Å². The van der Waals surface area contributed by atoms with Gasteiger partial charge in [0.2, 0.25) is 0 Å². The number of para-hydroxylation sites is 1. The quantitative estimate of drug-likeness (QED) is 0.745. The number of nitrogens with zero attached hydrogens (tertiary/aromatic N) is 2. The lowest BCUT2D eigenvalue weighted by atomic mass is 10.2. The highest BCUT2D eigenvalue weighted by molar-refractivity contribution is 6.32. The molecule has 2 saturated heterocycles. The van der Waals surface area contributed by atoms with E-state index in [1.807, 2.05) is 19.1 Å². The Morgan fingerprint density at radius 1 is 1.38 bits per heavy atom. The van der Waals surface area contributed by atoms with Crippen molar-refractivity contribution >= 4 is 17.6 Å². The molecule has 1 aromatic carbocycles. The minimum Gasteiger partial charge on any atom is -0.490 e. The molecule has 0 saturated carbocycles. The molecule has 2 atom stereocenters. The molecule has 0 radical (unpaired) electrons. The fourth-order valence-corrected chi connectivity index (χ4v) is 3.70. The molecule has 144 valence electrons. The smallest absolute Gasteiger partial charge is 0.317 e. The van der Waals surface area contributed by atoms with Crippen molar-refractivity contribution in [1.82, 2.24) is 15.1 Å². The van der Waals surface area contributed by atoms with E-state index in [9.17, 15) is 9.90 Å². The van der Waals surface area contributed by atoms with Crippen LogP contribution in [-0.2, 0) is 4.74 Å². The zero-order valence-electron chi connectivity index (χ0n) is 15.0. The SMILES string of the molecule is Cc1cccc(Cl)c1OCCNC(=O)N1C[C@H](O)[C@@H](N2CCOCC2)C1. The van der Waals surface area contributed by atoms with E-state index in [4.69, 9.17) is 21.1 Å². The van der Waals surface area contributed by atoms with Crippen LogP contribution in [-0.4, -0.2) is 85.6 Å². The van der Waals surface area contributed by atoms with Gasteiger partial charge >= 0.3 is 6.03 Å². The summed E-state index contributed by atoms with van der Waals surface area (Å²) in [4.78, 5) is 16.2. The van der Waals surface area contributed by atoms with Crippen molar-refractivity contribution in [1.29, 1.82) is 0 Å². The monoisotopic (exact) mass is 383 g/mol. The topological polar surface area (TPSA) is 74.3 Å². The van der Waals surface area contributed by atoms with Crippen molar-refractivity contribution in [3.63, 3.8) is 0 Å². The summed E-state index contributed by atoms with van der Waals surface area (Å²) < 4.78 is 11.0. The molecule has 8 heteroatoms. The number of rotatable bonds is 5. The van der Waals surface area contributed by atoms with Gasteiger partial charge in [-0.1, -0.05) is 23.7 Å². The van der Waals surface area contributed by atoms with Crippen molar-refractivity contribution in [2.75, 3.05) is 52.5 Å². The van der Waals surface area contributed by atoms with Crippen LogP contribution >= 0.6 is 11.6 Å². The number of morpholine rings is 1. The zero-order chi connectivity index (χ0) is 18.5. The van der Waals surface area contributed by atoms with E-state index in [2.05, 4.69) is 10.2 Å². The summed E-state index contributed by atoms with van der Waals surface area (Å²) in [5, 5.41) is 13.7. The van der Waals surface area contributed by atoms with Crippen molar-refractivity contribution in [2.24, 2.45) is 0 Å². The van der Waals surface area contributed by atoms with Crippen molar-refractivity contribution < 1.29 is 19.4 Å². The highest BCUT2D eigenvalue weighted by Crippen LogP contribution is 2.27. The average molecular weight is 384 g/mol. The van der Waals surface area contributed by atoms with Gasteiger partial charge in [0.1, 0.15) is 12.4 Å². The first-order chi connectivity index (χ1) is 12.6. The fraction of sp³-hybridized carbons (Fsp3) is 0.611. The Hall–Kier alpha value is -1.54. The molecule has 7 nitrogen and oxygen atoms in total. The second-order valence-electron chi connectivity index (χ2n) is 6.65. The Bertz CT molecular complexity index is 604. The third-order valence-electron chi connectivity index (χ3n) is 4.85. The Balaban J connectivity index is 1.42. The van der Waals surface area contributed by atoms with Crippen LogP contribution in [0, 0.1) is 6.92 Å². The molecule has 2 aliphatic rings. The van der Waals surface area contributed by atoms with E-state index < -0.39 is 6.10 Å². The number of likely N-dealkylation sites (tertiary alicyclic amines) is 1. The Morgan fingerprint density at radius 3 is 2.88 bits per heavy atom. The lowest BCUT2D eigenvalue weighted by molar-refractivity contribution is -0.00608. The van der Waals surface area contributed by atoms with Gasteiger partial charge in [-0.15, -0.1) is 0 Å². The zero-order valence-corrected chi connectivity index (χ0v) is 15.7. The first-order valence-corrected chi connectivity index (χ1v) is 9.34. The van der Waals surface area contributed by atoms with Crippen molar-refractivity contribution in [3.05, 3.63) is 28.8 Å². The summed E-state index contributed by atoms with van der Waals surface area (Å²) >= 11 is 6.12. The van der Waals surface area contributed by atoms with E-state index >= 15 is 0 Å². The van der Waals surface area contributed by atoms with Crippen LogP contribution in [0.15, 0.2) is 18.2 Å². The van der Waals surface area contributed by atoms with Gasteiger partial charge in [-0.25, -0.2) is 4.79 Å². The second kappa shape index (κ2) is 8.90. The Morgan fingerprint density at radius 2 is 2.15 bits per heavy atom. The first-order valence-electron chi connectivity index (χ1n) is 8.97. The van der Waals surface area contributed by atoms with Crippen LogP contribution in [0.25, 0.3) is 0 Å². The number of hydrogen-bond acceptors (Lipinski definition) is 5. The fourth-order valence-electron chi connectivity index (χ4n) is 3.43. The summed E-state index contributed by atoms with van der Waals surface area (Å²) in [5.74, 6) is 0.646. The molecule has 0 spiro atoms. The number of halogens is 1. The number of nitrogens with one attached hydrogen (secondary N) is 1. The van der Waals surface area contributed by atoms with Gasteiger partial charge in [-0.05, 0) is 18.6 Å². The third kappa shape index (κ3) is 4.59. The van der Waals surface area contributed by atoms with Crippen LogP contribution in [0.5, 0.6) is 5.75 Å². The number of urea groups is 1. The standard InChI is InChI=1S/C18H26ClN3O4/c1-13-3-2-4-14(19)17(13)26-8-5-20-18(24)22-11-15(16(23)12-22)21-6-9-25-10-7-21/h2-4,15-16,23H,5-12H2,1H3,(H,20,24)/t15-,16-/m0/s1. The molecule has 2 fully saturated rings. The highest BCUT2D eigenvalue weighted by atomic mass is 35.5. The summed E-state index contributed by atoms with van der Waals surface area (Å²) in [6, 6.07) is 5.37. The number of aryl methyl sites for hydroxylation is 1. The molecule has 0 aliphatic carbocycles. The first kappa shape index (κ1) is 19.2. The predicted molar refractivity (Wildman–Crippen MR) is 98.8 cm³/mol. The van der Waals surface area contributed by atoms with E-state index in [1.165, 1.54) is 0 Å². The lowest BCUT2D eigenvalue weighted by Gasteiger charge is -2.33. The maximum absolute atomic E-state index is 12.3. The summed E-state index contributed by atoms with van der Waals surface area (Å²) in [6.45, 7) is 6.44. The van der Waals surface area contributed by atoms with Gasteiger partial charge in [-0.2, -0.15) is 0 Å². The van der Waals surface area contributed by atoms with Gasteiger partial charge in [0.25, 0.3) is 0 Å². The summed E-state index contributed by atoms with van der Waals surface area (Å²) in [6.07, 6.45) is -0.527. The number of aliphatic hydroxyl groups excluding tert-OH is 1. The molecule has 0 aromatic heterocycles. The van der Waals surface area contributed by atoms with E-state index in [0.717, 1.165) is 18.7 Å². The van der Waals surface area contributed by atoms with Crippen LogP contribution in [0.3, 0.4) is 0 Å². The molecule has 1 aromatic rings. The van der Waals surface area contributed by atoms with Crippen LogP contribution in [0.4, 0.5) is 4.79 Å². The molecule has 2 heterocycles. The normalized spacial score (nSPS) is 23.9. The maximum Gasteiger partial charge on any atom is 0.317 e. The molecular formula is C18H26ClN3O4. The predicted octanol–water partition coefficient (Wildman–Crippen LogP) is 1.11. The molecule has 0 bridgehead atoms. The number of benzene rings is 1. The third-order valence-corrected chi connectivity index (χ3v) is 5.15. The maximum atomic E-state index is 12.3. The number of β-amino-alcohol motifs (C(OH)–C–C–N with tert-alkyl or cyclic N) is 1. The largest absolute Gasteiger partial charge is 0.490 e. The van der Waals surface area contributed by atoms with Crippen LogP contribution < -0.4 is 10.1 Å². The van der Waals surface area contributed by atoms with Crippen LogP contribution in [0.2, 0.25) is 5.02 Å². The molecule has 0 unspecified atom stereocenters. The average Bonchev–Trinajstić information content (AvgIpc) is 3.03. The molecular weight excluding hydrogens is 358 g/mol. The number of carbonyl (C=O) groups excluding carboxylic acids is 1. The number of aliphatic hydroxyl groups is 1. The van der Waals surface area contributed by atoms with Gasteiger partial charge in [-0.3, -0.25) is 4.90 Å². The number of amides is 2.